The Labute approximate surface area is 140 Å². The van der Waals surface area contributed by atoms with Crippen molar-refractivity contribution < 1.29 is 9.53 Å². The van der Waals surface area contributed by atoms with Gasteiger partial charge >= 0.3 is 0 Å². The largest absolute Gasteiger partial charge is 0.494 e. The Kier molecular flexibility index (Phi) is 4.86. The first-order valence-electron chi connectivity index (χ1n) is 7.72. The third kappa shape index (κ3) is 3.78. The maximum Gasteiger partial charge on any atom is 0.253 e. The predicted molar refractivity (Wildman–Crippen MR) is 90.1 cm³/mol. The second kappa shape index (κ2) is 7.41. The Morgan fingerprint density at radius 3 is 2.88 bits per heavy atom. The van der Waals surface area contributed by atoms with E-state index in [1.165, 1.54) is 0 Å². The minimum absolute atomic E-state index is 0.170. The fourth-order valence-corrected chi connectivity index (χ4v) is 2.26. The van der Waals surface area contributed by atoms with Crippen LogP contribution in [0.4, 0.5) is 0 Å². The van der Waals surface area contributed by atoms with Gasteiger partial charge in [-0.2, -0.15) is 5.10 Å². The molecule has 0 saturated carbocycles. The van der Waals surface area contributed by atoms with Crippen LogP contribution in [0.15, 0.2) is 61.1 Å². The molecule has 122 valence electrons. The van der Waals surface area contributed by atoms with Gasteiger partial charge in [0.15, 0.2) is 5.82 Å². The molecular formula is C18H18N4O2. The second-order valence-corrected chi connectivity index (χ2v) is 5.12. The number of carbonyl (C=O) groups is 1. The number of hydrogen-bond donors (Lipinski definition) is 1. The number of benzene rings is 1. The first kappa shape index (κ1) is 15.7. The molecule has 24 heavy (non-hydrogen) atoms. The van der Waals surface area contributed by atoms with E-state index in [1.807, 2.05) is 37.3 Å². The van der Waals surface area contributed by atoms with Crippen molar-refractivity contribution in [1.82, 2.24) is 20.1 Å². The molecule has 0 aliphatic rings. The van der Waals surface area contributed by atoms with E-state index in [2.05, 4.69) is 15.4 Å². The van der Waals surface area contributed by atoms with Crippen molar-refractivity contribution in [1.29, 1.82) is 0 Å². The third-order valence-corrected chi connectivity index (χ3v) is 3.41. The van der Waals surface area contributed by atoms with Crippen molar-refractivity contribution in [2.75, 3.05) is 6.61 Å². The van der Waals surface area contributed by atoms with Crippen LogP contribution in [0.1, 0.15) is 22.8 Å². The predicted octanol–water partition coefficient (Wildman–Crippen LogP) is 2.60. The first-order chi connectivity index (χ1) is 11.8. The molecule has 0 radical (unpaired) electrons. The highest BCUT2D eigenvalue weighted by Gasteiger charge is 2.07. The van der Waals surface area contributed by atoms with Crippen LogP contribution in [0.5, 0.6) is 5.75 Å². The maximum atomic E-state index is 12.2. The fraction of sp³-hybridized carbons (Fsp3) is 0.167. The van der Waals surface area contributed by atoms with Gasteiger partial charge in [0.1, 0.15) is 5.75 Å². The fourth-order valence-electron chi connectivity index (χ4n) is 2.26. The molecule has 1 N–H and O–H groups in total. The van der Waals surface area contributed by atoms with Gasteiger partial charge in [-0.1, -0.05) is 12.1 Å². The Balaban J connectivity index is 1.61. The highest BCUT2D eigenvalue weighted by Crippen LogP contribution is 2.13. The van der Waals surface area contributed by atoms with Crippen LogP contribution in [0.25, 0.3) is 5.82 Å². The van der Waals surface area contributed by atoms with E-state index in [0.29, 0.717) is 24.5 Å². The molecule has 0 aliphatic heterocycles. The molecule has 6 nitrogen and oxygen atoms in total. The molecule has 0 bridgehead atoms. The van der Waals surface area contributed by atoms with Crippen molar-refractivity contribution in [3.63, 3.8) is 0 Å². The maximum absolute atomic E-state index is 12.2. The van der Waals surface area contributed by atoms with Gasteiger partial charge in [-0.25, -0.2) is 9.67 Å². The molecule has 1 amide bonds. The molecule has 0 saturated heterocycles. The molecule has 0 spiro atoms. The lowest BCUT2D eigenvalue weighted by Crippen LogP contribution is -2.23. The van der Waals surface area contributed by atoms with Crippen molar-refractivity contribution in [3.8, 4) is 11.6 Å². The summed E-state index contributed by atoms with van der Waals surface area (Å²) in [6, 6.07) is 13.0. The van der Waals surface area contributed by atoms with Crippen LogP contribution in [-0.4, -0.2) is 27.3 Å². The van der Waals surface area contributed by atoms with Crippen molar-refractivity contribution in [2.24, 2.45) is 0 Å². The monoisotopic (exact) mass is 322 g/mol. The summed E-state index contributed by atoms with van der Waals surface area (Å²) in [7, 11) is 0. The molecule has 0 fully saturated rings. The highest BCUT2D eigenvalue weighted by atomic mass is 16.5. The molecular weight excluding hydrogens is 304 g/mol. The lowest BCUT2D eigenvalue weighted by atomic mass is 10.2. The molecule has 0 atom stereocenters. The summed E-state index contributed by atoms with van der Waals surface area (Å²) in [5, 5.41) is 6.98. The van der Waals surface area contributed by atoms with Gasteiger partial charge in [-0.3, -0.25) is 4.79 Å². The SMILES string of the molecule is CCOc1cccc(CNC(=O)c2ccc(-n3cccn3)nc2)c1. The number of pyridine rings is 1. The van der Waals surface area contributed by atoms with Gasteiger partial charge in [0.05, 0.1) is 12.2 Å². The van der Waals surface area contributed by atoms with Gasteiger partial charge in [0.25, 0.3) is 5.91 Å². The molecule has 2 heterocycles. The Hall–Kier alpha value is -3.15. The zero-order valence-electron chi connectivity index (χ0n) is 13.3. The summed E-state index contributed by atoms with van der Waals surface area (Å²) in [6.45, 7) is 2.99. The first-order valence-corrected chi connectivity index (χ1v) is 7.72. The highest BCUT2D eigenvalue weighted by molar-refractivity contribution is 5.93. The van der Waals surface area contributed by atoms with Crippen molar-refractivity contribution in [3.05, 3.63) is 72.2 Å². The van der Waals surface area contributed by atoms with E-state index in [9.17, 15) is 4.79 Å². The Bertz CT molecular complexity index is 798. The lowest BCUT2D eigenvalue weighted by Gasteiger charge is -2.08. The van der Waals surface area contributed by atoms with Gasteiger partial charge in [0, 0.05) is 25.1 Å². The van der Waals surface area contributed by atoms with Crippen LogP contribution >= 0.6 is 0 Å². The summed E-state index contributed by atoms with van der Waals surface area (Å²) in [5.41, 5.74) is 1.49. The van der Waals surface area contributed by atoms with E-state index in [1.54, 1.807) is 35.4 Å². The topological polar surface area (TPSA) is 69.0 Å². The average Bonchev–Trinajstić information content (AvgIpc) is 3.15. The number of carbonyl (C=O) groups excluding carboxylic acids is 1. The van der Waals surface area contributed by atoms with E-state index in [0.717, 1.165) is 11.3 Å². The van der Waals surface area contributed by atoms with Gasteiger partial charge in [-0.05, 0) is 42.8 Å². The molecule has 2 aromatic heterocycles. The smallest absolute Gasteiger partial charge is 0.253 e. The van der Waals surface area contributed by atoms with Crippen LogP contribution in [0.2, 0.25) is 0 Å². The Morgan fingerprint density at radius 1 is 1.25 bits per heavy atom. The number of rotatable bonds is 6. The second-order valence-electron chi connectivity index (χ2n) is 5.12. The molecule has 3 rings (SSSR count). The number of aromatic nitrogens is 3. The van der Waals surface area contributed by atoms with E-state index < -0.39 is 0 Å². The van der Waals surface area contributed by atoms with Crippen LogP contribution in [-0.2, 0) is 6.54 Å². The van der Waals surface area contributed by atoms with Gasteiger partial charge in [-0.15, -0.1) is 0 Å². The molecule has 0 unspecified atom stereocenters. The average molecular weight is 322 g/mol. The number of ether oxygens (including phenoxy) is 1. The standard InChI is InChI=1S/C18H18N4O2/c1-2-24-16-6-3-5-14(11-16)12-20-18(23)15-7-8-17(19-13-15)22-10-4-9-21-22/h3-11,13H,2,12H2,1H3,(H,20,23). The van der Waals surface area contributed by atoms with E-state index in [-0.39, 0.29) is 5.91 Å². The van der Waals surface area contributed by atoms with Crippen LogP contribution in [0.3, 0.4) is 0 Å². The van der Waals surface area contributed by atoms with Crippen LogP contribution < -0.4 is 10.1 Å². The summed E-state index contributed by atoms with van der Waals surface area (Å²) in [6.07, 6.45) is 5.02. The summed E-state index contributed by atoms with van der Waals surface area (Å²) >= 11 is 0. The number of nitrogens with zero attached hydrogens (tertiary/aromatic N) is 3. The zero-order chi connectivity index (χ0) is 16.8. The molecule has 3 aromatic rings. The van der Waals surface area contributed by atoms with E-state index >= 15 is 0 Å². The summed E-state index contributed by atoms with van der Waals surface area (Å²) in [5.74, 6) is 1.30. The molecule has 0 aliphatic carbocycles. The Morgan fingerprint density at radius 2 is 2.17 bits per heavy atom. The van der Waals surface area contributed by atoms with E-state index in [4.69, 9.17) is 4.74 Å². The van der Waals surface area contributed by atoms with Crippen molar-refractivity contribution >= 4 is 5.91 Å². The molecule has 1 aromatic carbocycles. The number of hydrogen-bond acceptors (Lipinski definition) is 4. The summed E-state index contributed by atoms with van der Waals surface area (Å²) in [4.78, 5) is 16.5. The quantitative estimate of drug-likeness (QED) is 0.757. The zero-order valence-corrected chi connectivity index (χ0v) is 13.3. The molecule has 6 heteroatoms. The van der Waals surface area contributed by atoms with Gasteiger partial charge in [0.2, 0.25) is 0 Å². The lowest BCUT2D eigenvalue weighted by molar-refractivity contribution is 0.0950. The normalized spacial score (nSPS) is 10.4. The van der Waals surface area contributed by atoms with Crippen molar-refractivity contribution in [2.45, 2.75) is 13.5 Å². The van der Waals surface area contributed by atoms with Crippen LogP contribution in [0, 0.1) is 0 Å². The number of nitrogens with one attached hydrogen (secondary N) is 1. The minimum atomic E-state index is -0.170. The minimum Gasteiger partial charge on any atom is -0.494 e. The van der Waals surface area contributed by atoms with Gasteiger partial charge < -0.3 is 10.1 Å². The number of amides is 1. The third-order valence-electron chi connectivity index (χ3n) is 3.41. The summed E-state index contributed by atoms with van der Waals surface area (Å²) < 4.78 is 7.10.